The molecule has 0 saturated heterocycles. The van der Waals surface area contributed by atoms with Gasteiger partial charge in [0, 0.05) is 0 Å². The second kappa shape index (κ2) is 10.6. The Morgan fingerprint density at radius 3 is 1.10 bits per heavy atom. The lowest BCUT2D eigenvalue weighted by atomic mass is 9.76. The molecule has 0 saturated carbocycles. The minimum atomic E-state index is -4.57. The fraction of sp³-hybridized carbons (Fsp3) is 0.739. The van der Waals surface area contributed by atoms with Crippen molar-refractivity contribution < 1.29 is 28.7 Å². The number of benzene rings is 1. The molecule has 0 radical (unpaired) electrons. The molecule has 4 N–H and O–H groups in total. The average Bonchev–Trinajstić information content (AvgIpc) is 2.59. The van der Waals surface area contributed by atoms with Crippen LogP contribution in [0.2, 0.25) is 0 Å². The van der Waals surface area contributed by atoms with E-state index in [1.165, 1.54) is 0 Å². The van der Waals surface area contributed by atoms with Gasteiger partial charge in [0.15, 0.2) is 0 Å². The van der Waals surface area contributed by atoms with E-state index >= 15 is 0 Å². The first-order valence-corrected chi connectivity index (χ1v) is 14.7. The zero-order valence-corrected chi connectivity index (χ0v) is 22.0. The summed E-state index contributed by atoms with van der Waals surface area (Å²) in [6.45, 7) is 13.2. The largest absolute Gasteiger partial charge is 0.336 e. The molecule has 0 aliphatic carbocycles. The lowest BCUT2D eigenvalue weighted by molar-refractivity contribution is 0.299. The van der Waals surface area contributed by atoms with Crippen LogP contribution in [0.4, 0.5) is 0 Å². The Bertz CT molecular complexity index is 774. The van der Waals surface area contributed by atoms with Gasteiger partial charge in [-0.15, -0.1) is 0 Å². The molecule has 1 aromatic rings. The molecule has 0 heterocycles. The first kappa shape index (κ1) is 28.6. The van der Waals surface area contributed by atoms with Crippen molar-refractivity contribution in [1.82, 2.24) is 0 Å². The van der Waals surface area contributed by atoms with E-state index in [1.54, 1.807) is 6.92 Å². The predicted octanol–water partition coefficient (Wildman–Crippen LogP) is 6.56. The minimum Gasteiger partial charge on any atom is -0.324 e. The molecule has 0 amide bonds. The van der Waals surface area contributed by atoms with Gasteiger partial charge >= 0.3 is 15.2 Å². The third-order valence-electron chi connectivity index (χ3n) is 6.67. The molecule has 0 unspecified atom stereocenters. The van der Waals surface area contributed by atoms with Crippen molar-refractivity contribution in [2.75, 3.05) is 0 Å². The van der Waals surface area contributed by atoms with Crippen LogP contribution in [0.5, 0.6) is 0 Å². The molecular weight excluding hydrogens is 434 g/mol. The van der Waals surface area contributed by atoms with Crippen molar-refractivity contribution in [1.29, 1.82) is 0 Å². The van der Waals surface area contributed by atoms with Crippen LogP contribution in [-0.2, 0) is 19.4 Å². The Kier molecular flexibility index (Phi) is 9.79. The molecule has 0 aromatic heterocycles. The molecule has 0 aliphatic heterocycles. The average molecular weight is 477 g/mol. The zero-order chi connectivity index (χ0) is 24.3. The van der Waals surface area contributed by atoms with Crippen LogP contribution in [0.1, 0.15) is 107 Å². The molecule has 8 heteroatoms. The van der Waals surface area contributed by atoms with Gasteiger partial charge in [-0.2, -0.15) is 0 Å². The van der Waals surface area contributed by atoms with Crippen molar-refractivity contribution in [3.05, 3.63) is 33.9 Å². The first-order chi connectivity index (χ1) is 14.2. The second-order valence-corrected chi connectivity index (χ2v) is 12.9. The summed E-state index contributed by atoms with van der Waals surface area (Å²) in [6, 6.07) is 1.86. The van der Waals surface area contributed by atoms with Crippen molar-refractivity contribution in [3.8, 4) is 0 Å². The highest BCUT2D eigenvalue weighted by Gasteiger charge is 2.52. The van der Waals surface area contributed by atoms with Gasteiger partial charge in [-0.1, -0.05) is 59.4 Å². The lowest BCUT2D eigenvalue weighted by Crippen LogP contribution is -2.33. The van der Waals surface area contributed by atoms with Crippen LogP contribution < -0.4 is 0 Å². The van der Waals surface area contributed by atoms with E-state index in [9.17, 15) is 28.7 Å². The first-order valence-electron chi connectivity index (χ1n) is 11.4. The van der Waals surface area contributed by atoms with E-state index in [0.29, 0.717) is 68.1 Å². The Labute approximate surface area is 188 Å². The summed E-state index contributed by atoms with van der Waals surface area (Å²) < 4.78 is 25.9. The van der Waals surface area contributed by atoms with E-state index in [1.807, 2.05) is 47.6 Å². The number of hydrogen-bond donors (Lipinski definition) is 4. The molecule has 180 valence electrons. The smallest absolute Gasteiger partial charge is 0.324 e. The summed E-state index contributed by atoms with van der Waals surface area (Å²) in [5.74, 6) is 0. The third kappa shape index (κ3) is 5.21. The van der Waals surface area contributed by atoms with E-state index in [2.05, 4.69) is 0 Å². The molecule has 0 fully saturated rings. The Morgan fingerprint density at radius 1 is 0.645 bits per heavy atom. The lowest BCUT2D eigenvalue weighted by Gasteiger charge is -2.42. The molecule has 0 aliphatic rings. The maximum atomic E-state index is 13.0. The van der Waals surface area contributed by atoms with Gasteiger partial charge in [0.1, 0.15) is 0 Å². The predicted molar refractivity (Wildman–Crippen MR) is 128 cm³/mol. The fourth-order valence-electron chi connectivity index (χ4n) is 5.90. The summed E-state index contributed by atoms with van der Waals surface area (Å²) >= 11 is 0. The van der Waals surface area contributed by atoms with Gasteiger partial charge < -0.3 is 19.6 Å². The SMILES string of the molecule is CCCC(CCC)(c1c(C)cc(C)c(C(CCC)(CCC)P(=O)(O)O)c1C)P(=O)(O)O. The van der Waals surface area contributed by atoms with Gasteiger partial charge in [-0.3, -0.25) is 9.13 Å². The van der Waals surface area contributed by atoms with Crippen LogP contribution in [0, 0.1) is 20.8 Å². The maximum absolute atomic E-state index is 13.0. The summed E-state index contributed by atoms with van der Waals surface area (Å²) in [7, 11) is -9.14. The van der Waals surface area contributed by atoms with Crippen LogP contribution in [0.25, 0.3) is 0 Å². The van der Waals surface area contributed by atoms with Gasteiger partial charge in [0.05, 0.1) is 10.3 Å². The van der Waals surface area contributed by atoms with E-state index in [4.69, 9.17) is 0 Å². The normalized spacial score (nSPS) is 13.6. The van der Waals surface area contributed by atoms with Gasteiger partial charge in [0.2, 0.25) is 0 Å². The van der Waals surface area contributed by atoms with Crippen LogP contribution in [-0.4, -0.2) is 19.6 Å². The summed E-state index contributed by atoms with van der Waals surface area (Å²) in [4.78, 5) is 42.3. The van der Waals surface area contributed by atoms with Crippen molar-refractivity contribution >= 4 is 15.2 Å². The number of aryl methyl sites for hydroxylation is 2. The number of rotatable bonds is 12. The molecule has 1 rings (SSSR count). The molecule has 6 nitrogen and oxygen atoms in total. The molecule has 31 heavy (non-hydrogen) atoms. The second-order valence-electron chi connectivity index (χ2n) is 9.04. The highest BCUT2D eigenvalue weighted by atomic mass is 31.2. The summed E-state index contributed by atoms with van der Waals surface area (Å²) in [5, 5.41) is -2.71. The highest BCUT2D eigenvalue weighted by Crippen LogP contribution is 2.67. The van der Waals surface area contributed by atoms with E-state index in [0.717, 1.165) is 11.1 Å². The fourth-order valence-corrected chi connectivity index (χ4v) is 9.23. The monoisotopic (exact) mass is 476 g/mol. The summed E-state index contributed by atoms with van der Waals surface area (Å²) in [5.41, 5.74) is 3.34. The quantitative estimate of drug-likeness (QED) is 0.254. The van der Waals surface area contributed by atoms with Crippen molar-refractivity contribution in [3.63, 3.8) is 0 Å². The summed E-state index contributed by atoms with van der Waals surface area (Å²) in [6.07, 6.45) is 3.67. The Balaban J connectivity index is 4.22. The molecular formula is C23H42O6P2. The van der Waals surface area contributed by atoms with Crippen LogP contribution in [0.15, 0.2) is 6.07 Å². The topological polar surface area (TPSA) is 115 Å². The van der Waals surface area contributed by atoms with Gasteiger partial charge in [-0.05, 0) is 74.3 Å². The van der Waals surface area contributed by atoms with E-state index in [-0.39, 0.29) is 0 Å². The molecule has 0 bridgehead atoms. The highest BCUT2D eigenvalue weighted by molar-refractivity contribution is 7.53. The van der Waals surface area contributed by atoms with Gasteiger partial charge in [0.25, 0.3) is 0 Å². The molecule has 0 atom stereocenters. The van der Waals surface area contributed by atoms with E-state index < -0.39 is 25.5 Å². The van der Waals surface area contributed by atoms with Crippen molar-refractivity contribution in [2.45, 2.75) is 110 Å². The maximum Gasteiger partial charge on any atom is 0.336 e. The molecule has 0 spiro atoms. The standard InChI is InChI=1S/C23H42O6P2/c1-8-12-22(13-9-2,30(24,25)26)20-17(5)16-18(6)21(19(20)7)23(14-10-3,15-11-4)31(27,28)29/h16H,8-15H2,1-7H3,(H2,24,25,26)(H2,27,28,29). The van der Waals surface area contributed by atoms with Crippen molar-refractivity contribution in [2.24, 2.45) is 0 Å². The Morgan fingerprint density at radius 2 is 0.903 bits per heavy atom. The Hall–Kier alpha value is -0.480. The van der Waals surface area contributed by atoms with Crippen LogP contribution in [0.3, 0.4) is 0 Å². The minimum absolute atomic E-state index is 0.319. The zero-order valence-electron chi connectivity index (χ0n) is 20.2. The van der Waals surface area contributed by atoms with Crippen LogP contribution >= 0.6 is 15.2 Å². The van der Waals surface area contributed by atoms with Gasteiger partial charge in [-0.25, -0.2) is 0 Å². The third-order valence-corrected chi connectivity index (χ3v) is 10.2. The number of hydrogen-bond acceptors (Lipinski definition) is 2. The molecule has 1 aromatic carbocycles.